The highest BCUT2D eigenvalue weighted by atomic mass is 32.2. The molecule has 9 heteroatoms. The highest BCUT2D eigenvalue weighted by molar-refractivity contribution is 8.04. The Morgan fingerprint density at radius 3 is 3.15 bits per heavy atom. The lowest BCUT2D eigenvalue weighted by Crippen LogP contribution is -2.44. The van der Waals surface area contributed by atoms with E-state index in [1.54, 1.807) is 18.1 Å². The molecule has 2 N–H and O–H groups in total. The Hall–Kier alpha value is -2.13. The highest BCUT2D eigenvalue weighted by Crippen LogP contribution is 2.29. The van der Waals surface area contributed by atoms with E-state index >= 15 is 0 Å². The van der Waals surface area contributed by atoms with E-state index < -0.39 is 0 Å². The Bertz CT molecular complexity index is 814. The van der Waals surface area contributed by atoms with Gasteiger partial charge in [0.2, 0.25) is 0 Å². The molecule has 0 saturated carbocycles. The number of nitrogens with one attached hydrogen (secondary N) is 2. The van der Waals surface area contributed by atoms with Gasteiger partial charge in [-0.15, -0.1) is 11.8 Å². The van der Waals surface area contributed by atoms with Gasteiger partial charge in [0.15, 0.2) is 11.5 Å². The van der Waals surface area contributed by atoms with E-state index in [0.29, 0.717) is 11.7 Å². The lowest BCUT2D eigenvalue weighted by atomic mass is 10.0. The van der Waals surface area contributed by atoms with Crippen LogP contribution in [0.3, 0.4) is 0 Å². The maximum absolute atomic E-state index is 12.9. The molecule has 1 saturated heterocycles. The van der Waals surface area contributed by atoms with Crippen LogP contribution in [0.4, 0.5) is 5.82 Å². The van der Waals surface area contributed by atoms with Crippen molar-refractivity contribution in [2.45, 2.75) is 25.3 Å². The summed E-state index contributed by atoms with van der Waals surface area (Å²) in [7, 11) is 1.89. The standard InChI is InChI=1S/C17H23N7OS/c1-23(8-12-4-2-3-5-18-12)17(25)13-9-24(6-7-26-13)16-14-15(20-10-19-14)21-11-22-16/h9-12,18H,2-8H2,1H3,(H,19,20,21,22)/t12-/m1/s1. The van der Waals surface area contributed by atoms with Crippen molar-refractivity contribution >= 4 is 34.7 Å². The van der Waals surface area contributed by atoms with Crippen LogP contribution in [0.2, 0.25) is 0 Å². The first-order valence-corrected chi connectivity index (χ1v) is 9.95. The molecule has 0 aliphatic carbocycles. The smallest absolute Gasteiger partial charge is 0.261 e. The van der Waals surface area contributed by atoms with Gasteiger partial charge >= 0.3 is 0 Å². The summed E-state index contributed by atoms with van der Waals surface area (Å²) in [4.78, 5) is 33.3. The molecule has 2 aromatic rings. The average molecular weight is 373 g/mol. The number of H-pyrrole nitrogens is 1. The zero-order chi connectivity index (χ0) is 17.9. The van der Waals surface area contributed by atoms with Crippen LogP contribution in [0.5, 0.6) is 0 Å². The first-order chi connectivity index (χ1) is 12.7. The summed E-state index contributed by atoms with van der Waals surface area (Å²) < 4.78 is 0. The number of fused-ring (bicyclic) bond motifs is 1. The van der Waals surface area contributed by atoms with Crippen LogP contribution in [0.15, 0.2) is 23.8 Å². The molecule has 2 aromatic heterocycles. The van der Waals surface area contributed by atoms with Gasteiger partial charge in [-0.3, -0.25) is 4.79 Å². The van der Waals surface area contributed by atoms with Crippen LogP contribution in [0.1, 0.15) is 19.3 Å². The number of thioether (sulfide) groups is 1. The number of carbonyl (C=O) groups excluding carboxylic acids is 1. The maximum Gasteiger partial charge on any atom is 0.261 e. The summed E-state index contributed by atoms with van der Waals surface area (Å²) in [5.74, 6) is 1.67. The Morgan fingerprint density at radius 1 is 1.38 bits per heavy atom. The first kappa shape index (κ1) is 17.3. The van der Waals surface area contributed by atoms with Gasteiger partial charge in [-0.2, -0.15) is 0 Å². The quantitative estimate of drug-likeness (QED) is 0.836. The van der Waals surface area contributed by atoms with Gasteiger partial charge in [-0.1, -0.05) is 6.42 Å². The van der Waals surface area contributed by atoms with Crippen LogP contribution in [-0.4, -0.2) is 69.2 Å². The van der Waals surface area contributed by atoms with E-state index in [-0.39, 0.29) is 5.91 Å². The number of aromatic nitrogens is 4. The number of hydrogen-bond donors (Lipinski definition) is 2. The maximum atomic E-state index is 12.9. The summed E-state index contributed by atoms with van der Waals surface area (Å²) in [6.07, 6.45) is 8.63. The van der Waals surface area contributed by atoms with Crippen molar-refractivity contribution in [2.75, 3.05) is 37.3 Å². The van der Waals surface area contributed by atoms with Crippen molar-refractivity contribution in [3.05, 3.63) is 23.8 Å². The molecule has 0 spiro atoms. The Kier molecular flexibility index (Phi) is 5.07. The molecular weight excluding hydrogens is 350 g/mol. The molecule has 1 fully saturated rings. The predicted molar refractivity (Wildman–Crippen MR) is 103 cm³/mol. The molecule has 8 nitrogen and oxygen atoms in total. The van der Waals surface area contributed by atoms with Crippen molar-refractivity contribution in [1.82, 2.24) is 30.2 Å². The SMILES string of the molecule is CN(C[C@H]1CCCCN1)C(=O)C1=CN(c2ncnc3nc[nH]c23)CCS1. The number of piperidine rings is 1. The summed E-state index contributed by atoms with van der Waals surface area (Å²) >= 11 is 1.61. The van der Waals surface area contributed by atoms with Gasteiger partial charge in [-0.25, -0.2) is 15.0 Å². The van der Waals surface area contributed by atoms with Gasteiger partial charge in [0, 0.05) is 38.1 Å². The lowest BCUT2D eigenvalue weighted by molar-refractivity contribution is -0.125. The topological polar surface area (TPSA) is 90.0 Å². The number of rotatable bonds is 4. The molecule has 2 aliphatic heterocycles. The first-order valence-electron chi connectivity index (χ1n) is 8.96. The molecule has 138 valence electrons. The van der Waals surface area contributed by atoms with Crippen LogP contribution >= 0.6 is 11.8 Å². The van der Waals surface area contributed by atoms with Crippen LogP contribution in [0, 0.1) is 0 Å². The molecule has 1 amide bonds. The normalized spacial score (nSPS) is 20.9. The van der Waals surface area contributed by atoms with Gasteiger partial charge in [-0.05, 0) is 19.4 Å². The van der Waals surface area contributed by atoms with Gasteiger partial charge in [0.05, 0.1) is 11.2 Å². The fourth-order valence-corrected chi connectivity index (χ4v) is 4.42. The molecule has 0 unspecified atom stereocenters. The van der Waals surface area contributed by atoms with E-state index in [1.807, 2.05) is 23.0 Å². The zero-order valence-corrected chi connectivity index (χ0v) is 15.6. The molecule has 4 heterocycles. The number of aromatic amines is 1. The minimum atomic E-state index is 0.0713. The molecule has 2 aliphatic rings. The van der Waals surface area contributed by atoms with Gasteiger partial charge < -0.3 is 20.1 Å². The minimum absolute atomic E-state index is 0.0713. The van der Waals surface area contributed by atoms with Crippen LogP contribution < -0.4 is 10.2 Å². The molecule has 4 rings (SSSR count). The van der Waals surface area contributed by atoms with Crippen LogP contribution in [0.25, 0.3) is 11.2 Å². The lowest BCUT2D eigenvalue weighted by Gasteiger charge is -2.30. The fourth-order valence-electron chi connectivity index (χ4n) is 3.43. The molecule has 0 bridgehead atoms. The molecule has 26 heavy (non-hydrogen) atoms. The van der Waals surface area contributed by atoms with E-state index in [0.717, 1.165) is 48.0 Å². The fraction of sp³-hybridized carbons (Fsp3) is 0.529. The van der Waals surface area contributed by atoms with Crippen molar-refractivity contribution in [1.29, 1.82) is 0 Å². The van der Waals surface area contributed by atoms with Gasteiger partial charge in [0.1, 0.15) is 11.8 Å². The number of carbonyl (C=O) groups is 1. The second-order valence-corrected chi connectivity index (χ2v) is 7.80. The van der Waals surface area contributed by atoms with Gasteiger partial charge in [0.25, 0.3) is 5.91 Å². The third kappa shape index (κ3) is 3.54. The highest BCUT2D eigenvalue weighted by Gasteiger charge is 2.25. The third-order valence-corrected chi connectivity index (χ3v) is 5.78. The Labute approximate surface area is 156 Å². The second kappa shape index (κ2) is 7.63. The second-order valence-electron chi connectivity index (χ2n) is 6.67. The molecule has 0 aromatic carbocycles. The van der Waals surface area contributed by atoms with E-state index in [2.05, 4.69) is 25.3 Å². The van der Waals surface area contributed by atoms with Crippen LogP contribution in [-0.2, 0) is 4.79 Å². The predicted octanol–water partition coefficient (Wildman–Crippen LogP) is 1.35. The van der Waals surface area contributed by atoms with E-state index in [9.17, 15) is 4.79 Å². The van der Waals surface area contributed by atoms with E-state index in [1.165, 1.54) is 19.2 Å². The molecular formula is C17H23N7OS. The molecule has 1 atom stereocenters. The van der Waals surface area contributed by atoms with E-state index in [4.69, 9.17) is 0 Å². The summed E-state index contributed by atoms with van der Waals surface area (Å²) in [6, 6.07) is 0.398. The number of nitrogens with zero attached hydrogens (tertiary/aromatic N) is 5. The Morgan fingerprint density at radius 2 is 2.31 bits per heavy atom. The average Bonchev–Trinajstić information content (AvgIpc) is 3.17. The summed E-state index contributed by atoms with van der Waals surface area (Å²) in [6.45, 7) is 2.58. The number of hydrogen-bond acceptors (Lipinski definition) is 7. The number of anilines is 1. The zero-order valence-electron chi connectivity index (χ0n) is 14.8. The monoisotopic (exact) mass is 373 g/mol. The Balaban J connectivity index is 1.50. The number of amides is 1. The summed E-state index contributed by atoms with van der Waals surface area (Å²) in [5.41, 5.74) is 1.43. The van der Waals surface area contributed by atoms with Crippen molar-refractivity contribution in [2.24, 2.45) is 0 Å². The third-order valence-electron chi connectivity index (χ3n) is 4.80. The van der Waals surface area contributed by atoms with Crippen molar-refractivity contribution < 1.29 is 4.79 Å². The number of likely N-dealkylation sites (N-methyl/N-ethyl adjacent to an activating group) is 1. The molecule has 0 radical (unpaired) electrons. The van der Waals surface area contributed by atoms with Crippen molar-refractivity contribution in [3.8, 4) is 0 Å². The summed E-state index contributed by atoms with van der Waals surface area (Å²) in [5, 5.41) is 3.50. The minimum Gasteiger partial charge on any atom is -0.340 e. The number of imidazole rings is 1. The largest absolute Gasteiger partial charge is 0.340 e. The van der Waals surface area contributed by atoms with Crippen molar-refractivity contribution in [3.63, 3.8) is 0 Å².